The van der Waals surface area contributed by atoms with Crippen LogP contribution in [0.2, 0.25) is 0 Å². The number of benzene rings is 1. The first-order valence-corrected chi connectivity index (χ1v) is 5.90. The van der Waals surface area contributed by atoms with Crippen LogP contribution in [-0.2, 0) is 9.53 Å². The minimum absolute atomic E-state index is 0.272. The van der Waals surface area contributed by atoms with Crippen molar-refractivity contribution in [3.05, 3.63) is 23.8 Å². The third-order valence-electron chi connectivity index (χ3n) is 2.48. The van der Waals surface area contributed by atoms with Crippen molar-refractivity contribution < 1.29 is 19.1 Å². The summed E-state index contributed by atoms with van der Waals surface area (Å²) in [4.78, 5) is 23.3. The Morgan fingerprint density at radius 2 is 2.11 bits per heavy atom. The summed E-state index contributed by atoms with van der Waals surface area (Å²) in [5, 5.41) is 2.54. The largest absolute Gasteiger partial charge is 0.495 e. The van der Waals surface area contributed by atoms with Crippen molar-refractivity contribution in [2.24, 2.45) is 0 Å². The first kappa shape index (κ1) is 14.8. The summed E-state index contributed by atoms with van der Waals surface area (Å²) in [7, 11) is 1.49. The second-order valence-electron chi connectivity index (χ2n) is 3.90. The molecule has 1 amide bonds. The van der Waals surface area contributed by atoms with Crippen LogP contribution in [0, 0.1) is 0 Å². The second-order valence-corrected chi connectivity index (χ2v) is 3.90. The molecular formula is C13H18N2O4. The zero-order valence-electron chi connectivity index (χ0n) is 11.2. The highest BCUT2D eigenvalue weighted by molar-refractivity contribution is 5.97. The van der Waals surface area contributed by atoms with Crippen molar-refractivity contribution in [3.8, 4) is 5.75 Å². The Morgan fingerprint density at radius 1 is 1.42 bits per heavy atom. The average molecular weight is 266 g/mol. The van der Waals surface area contributed by atoms with Crippen LogP contribution < -0.4 is 15.8 Å². The lowest BCUT2D eigenvalue weighted by atomic mass is 10.1. The lowest BCUT2D eigenvalue weighted by Gasteiger charge is -2.13. The van der Waals surface area contributed by atoms with Crippen molar-refractivity contribution >= 4 is 17.6 Å². The normalized spacial score (nSPS) is 11.5. The van der Waals surface area contributed by atoms with Crippen molar-refractivity contribution in [2.45, 2.75) is 19.9 Å². The van der Waals surface area contributed by atoms with Crippen LogP contribution in [0.25, 0.3) is 0 Å². The molecule has 1 aromatic rings. The molecule has 0 spiro atoms. The summed E-state index contributed by atoms with van der Waals surface area (Å²) >= 11 is 0. The van der Waals surface area contributed by atoms with E-state index in [1.54, 1.807) is 26.0 Å². The van der Waals surface area contributed by atoms with Crippen LogP contribution in [0.15, 0.2) is 18.2 Å². The summed E-state index contributed by atoms with van der Waals surface area (Å²) in [6.45, 7) is 3.54. The number of amides is 1. The van der Waals surface area contributed by atoms with Crippen LogP contribution in [-0.4, -0.2) is 31.6 Å². The monoisotopic (exact) mass is 266 g/mol. The molecule has 0 saturated carbocycles. The van der Waals surface area contributed by atoms with Gasteiger partial charge in [0.2, 0.25) is 0 Å². The third-order valence-corrected chi connectivity index (χ3v) is 2.48. The predicted molar refractivity (Wildman–Crippen MR) is 71.0 cm³/mol. The minimum Gasteiger partial charge on any atom is -0.495 e. The number of hydrogen-bond donors (Lipinski definition) is 2. The molecule has 3 N–H and O–H groups in total. The van der Waals surface area contributed by atoms with Gasteiger partial charge < -0.3 is 20.5 Å². The summed E-state index contributed by atoms with van der Waals surface area (Å²) in [5.41, 5.74) is 6.43. The highest BCUT2D eigenvalue weighted by Gasteiger charge is 2.18. The fourth-order valence-corrected chi connectivity index (χ4v) is 1.48. The summed E-state index contributed by atoms with van der Waals surface area (Å²) in [6, 6.07) is 3.95. The first-order valence-electron chi connectivity index (χ1n) is 5.90. The molecule has 6 nitrogen and oxygen atoms in total. The number of ether oxygens (including phenoxy) is 2. The summed E-state index contributed by atoms with van der Waals surface area (Å²) in [5.74, 6) is -0.373. The highest BCUT2D eigenvalue weighted by Crippen LogP contribution is 2.21. The number of rotatable bonds is 5. The van der Waals surface area contributed by atoms with E-state index in [0.717, 1.165) is 0 Å². The van der Waals surface area contributed by atoms with Gasteiger partial charge in [0.25, 0.3) is 5.91 Å². The molecule has 0 bridgehead atoms. The summed E-state index contributed by atoms with van der Waals surface area (Å²) in [6.07, 6.45) is 0. The zero-order chi connectivity index (χ0) is 14.4. The lowest BCUT2D eigenvalue weighted by molar-refractivity contribution is -0.144. The maximum atomic E-state index is 11.9. The standard InChI is InChI=1S/C13H18N2O4/c1-4-19-13(17)8(2)15-12(16)9-5-6-11(18-3)10(14)7-9/h5-8H,4,14H2,1-3H3,(H,15,16). The molecule has 6 heteroatoms. The van der Waals surface area contributed by atoms with Gasteiger partial charge in [0.1, 0.15) is 11.8 Å². The van der Waals surface area contributed by atoms with Gasteiger partial charge in [-0.15, -0.1) is 0 Å². The van der Waals surface area contributed by atoms with Crippen LogP contribution in [0.4, 0.5) is 5.69 Å². The van der Waals surface area contributed by atoms with Crippen LogP contribution in [0.5, 0.6) is 5.75 Å². The van der Waals surface area contributed by atoms with Crippen molar-refractivity contribution in [1.82, 2.24) is 5.32 Å². The SMILES string of the molecule is CCOC(=O)C(C)NC(=O)c1ccc(OC)c(N)c1. The molecule has 1 atom stereocenters. The topological polar surface area (TPSA) is 90.6 Å². The predicted octanol–water partition coefficient (Wildman–Crippen LogP) is 0.959. The van der Waals surface area contributed by atoms with E-state index in [2.05, 4.69) is 5.32 Å². The molecular weight excluding hydrogens is 248 g/mol. The maximum absolute atomic E-state index is 11.9. The van der Waals surface area contributed by atoms with E-state index in [9.17, 15) is 9.59 Å². The number of methoxy groups -OCH3 is 1. The Bertz CT molecular complexity index is 474. The van der Waals surface area contributed by atoms with E-state index in [1.165, 1.54) is 13.2 Å². The Morgan fingerprint density at radius 3 is 2.63 bits per heavy atom. The number of anilines is 1. The van der Waals surface area contributed by atoms with Gasteiger partial charge in [-0.3, -0.25) is 4.79 Å². The number of carbonyl (C=O) groups excluding carboxylic acids is 2. The van der Waals surface area contributed by atoms with Gasteiger partial charge >= 0.3 is 5.97 Å². The molecule has 0 saturated heterocycles. The molecule has 0 aromatic heterocycles. The van der Waals surface area contributed by atoms with Gasteiger partial charge in [0.15, 0.2) is 0 Å². The van der Waals surface area contributed by atoms with E-state index < -0.39 is 17.9 Å². The molecule has 0 heterocycles. The number of esters is 1. The Kier molecular flexibility index (Phi) is 5.17. The molecule has 1 unspecified atom stereocenters. The van der Waals surface area contributed by atoms with Gasteiger partial charge in [0, 0.05) is 5.56 Å². The number of nitrogens with one attached hydrogen (secondary N) is 1. The molecule has 1 rings (SSSR count). The molecule has 104 valence electrons. The highest BCUT2D eigenvalue weighted by atomic mass is 16.5. The maximum Gasteiger partial charge on any atom is 0.328 e. The number of hydrogen-bond acceptors (Lipinski definition) is 5. The zero-order valence-corrected chi connectivity index (χ0v) is 11.2. The first-order chi connectivity index (χ1) is 8.99. The van der Waals surface area contributed by atoms with Crippen molar-refractivity contribution in [1.29, 1.82) is 0 Å². The van der Waals surface area contributed by atoms with E-state index in [4.69, 9.17) is 15.2 Å². The molecule has 19 heavy (non-hydrogen) atoms. The Labute approximate surface area is 111 Å². The smallest absolute Gasteiger partial charge is 0.328 e. The Balaban J connectivity index is 2.73. The van der Waals surface area contributed by atoms with Gasteiger partial charge in [-0.05, 0) is 32.0 Å². The second kappa shape index (κ2) is 6.63. The lowest BCUT2D eigenvalue weighted by Crippen LogP contribution is -2.39. The fourth-order valence-electron chi connectivity index (χ4n) is 1.48. The van der Waals surface area contributed by atoms with Gasteiger partial charge in [0.05, 0.1) is 19.4 Å². The van der Waals surface area contributed by atoms with E-state index in [1.807, 2.05) is 0 Å². The number of nitrogen functional groups attached to an aromatic ring is 1. The molecule has 0 aliphatic rings. The molecule has 0 aliphatic heterocycles. The van der Waals surface area contributed by atoms with Crippen LogP contribution in [0.3, 0.4) is 0 Å². The molecule has 0 radical (unpaired) electrons. The van der Waals surface area contributed by atoms with Gasteiger partial charge in [-0.25, -0.2) is 4.79 Å². The average Bonchev–Trinajstić information content (AvgIpc) is 2.38. The molecule has 0 fully saturated rings. The van der Waals surface area contributed by atoms with E-state index >= 15 is 0 Å². The van der Waals surface area contributed by atoms with Gasteiger partial charge in [-0.1, -0.05) is 0 Å². The third kappa shape index (κ3) is 3.87. The fraction of sp³-hybridized carbons (Fsp3) is 0.385. The number of nitrogens with two attached hydrogens (primary N) is 1. The van der Waals surface area contributed by atoms with Crippen molar-refractivity contribution in [3.63, 3.8) is 0 Å². The van der Waals surface area contributed by atoms with Crippen molar-refractivity contribution in [2.75, 3.05) is 19.5 Å². The Hall–Kier alpha value is -2.24. The van der Waals surface area contributed by atoms with E-state index in [-0.39, 0.29) is 6.61 Å². The quantitative estimate of drug-likeness (QED) is 0.612. The van der Waals surface area contributed by atoms with Crippen LogP contribution >= 0.6 is 0 Å². The number of carbonyl (C=O) groups is 2. The minimum atomic E-state index is -0.712. The van der Waals surface area contributed by atoms with Crippen LogP contribution in [0.1, 0.15) is 24.2 Å². The summed E-state index contributed by atoms with van der Waals surface area (Å²) < 4.78 is 9.80. The molecule has 1 aromatic carbocycles. The molecule has 0 aliphatic carbocycles. The van der Waals surface area contributed by atoms with E-state index in [0.29, 0.717) is 17.0 Å². The van der Waals surface area contributed by atoms with Gasteiger partial charge in [-0.2, -0.15) is 0 Å².